The molecular weight excluding hydrogens is 355 g/mol. The molecule has 4 nitrogen and oxygen atoms in total. The molecule has 0 N–H and O–H groups in total. The standard InChI is InChI=1S/C17H24F3NO3S/c1-3-10-21(11-4-2)14-9-8-13-6-5-7-16(15(13)12-14)24-25(22,23)17(18,19)20/h5-7,14H,3-4,8-12H2,1-2H3/t14-/m0/s1. The zero-order valence-corrected chi connectivity index (χ0v) is 15.3. The summed E-state index contributed by atoms with van der Waals surface area (Å²) < 4.78 is 65.1. The molecule has 25 heavy (non-hydrogen) atoms. The van der Waals surface area contributed by atoms with Crippen molar-refractivity contribution in [3.05, 3.63) is 29.3 Å². The molecule has 1 aromatic rings. The molecule has 0 radical (unpaired) electrons. The molecule has 0 saturated carbocycles. The van der Waals surface area contributed by atoms with Crippen molar-refractivity contribution < 1.29 is 25.8 Å². The number of nitrogens with zero attached hydrogens (tertiary/aromatic N) is 1. The fourth-order valence-electron chi connectivity index (χ4n) is 3.34. The number of fused-ring (bicyclic) bond motifs is 1. The zero-order valence-electron chi connectivity index (χ0n) is 14.5. The Hall–Kier alpha value is -1.28. The van der Waals surface area contributed by atoms with Crippen molar-refractivity contribution >= 4 is 10.1 Å². The molecule has 0 aromatic heterocycles. The van der Waals surface area contributed by atoms with Crippen LogP contribution in [-0.4, -0.2) is 38.0 Å². The van der Waals surface area contributed by atoms with Crippen LogP contribution in [0.25, 0.3) is 0 Å². The minimum absolute atomic E-state index is 0.186. The van der Waals surface area contributed by atoms with E-state index in [4.69, 9.17) is 0 Å². The molecule has 1 atom stereocenters. The Labute approximate surface area is 147 Å². The molecule has 1 aliphatic carbocycles. The Bertz CT molecular complexity index is 683. The van der Waals surface area contributed by atoms with Gasteiger partial charge in [-0.05, 0) is 56.8 Å². The number of hydrogen-bond donors (Lipinski definition) is 0. The third-order valence-corrected chi connectivity index (χ3v) is 5.40. The van der Waals surface area contributed by atoms with Crippen LogP contribution in [0.1, 0.15) is 44.2 Å². The van der Waals surface area contributed by atoms with Crippen molar-refractivity contribution in [3.63, 3.8) is 0 Å². The Morgan fingerprint density at radius 1 is 1.20 bits per heavy atom. The lowest BCUT2D eigenvalue weighted by Crippen LogP contribution is -2.40. The number of alkyl halides is 3. The first-order valence-electron chi connectivity index (χ1n) is 8.55. The van der Waals surface area contributed by atoms with Gasteiger partial charge >= 0.3 is 15.6 Å². The van der Waals surface area contributed by atoms with Gasteiger partial charge < -0.3 is 9.08 Å². The molecular formula is C17H24F3NO3S. The van der Waals surface area contributed by atoms with Crippen molar-refractivity contribution in [1.29, 1.82) is 0 Å². The lowest BCUT2D eigenvalue weighted by atomic mass is 9.86. The largest absolute Gasteiger partial charge is 0.534 e. The molecule has 142 valence electrons. The minimum atomic E-state index is -5.66. The lowest BCUT2D eigenvalue weighted by Gasteiger charge is -2.35. The third kappa shape index (κ3) is 4.67. The van der Waals surface area contributed by atoms with Crippen LogP contribution in [0.2, 0.25) is 0 Å². The fraction of sp³-hybridized carbons (Fsp3) is 0.647. The smallest absolute Gasteiger partial charge is 0.376 e. The van der Waals surface area contributed by atoms with Gasteiger partial charge in [-0.3, -0.25) is 0 Å². The first-order valence-corrected chi connectivity index (χ1v) is 9.96. The van der Waals surface area contributed by atoms with E-state index < -0.39 is 15.6 Å². The van der Waals surface area contributed by atoms with Crippen molar-refractivity contribution in [2.75, 3.05) is 13.1 Å². The second kappa shape index (κ2) is 7.95. The Balaban J connectivity index is 2.28. The van der Waals surface area contributed by atoms with Gasteiger partial charge in [-0.25, -0.2) is 0 Å². The van der Waals surface area contributed by atoms with Crippen molar-refractivity contribution in [2.24, 2.45) is 0 Å². The summed E-state index contributed by atoms with van der Waals surface area (Å²) in [7, 11) is -5.66. The van der Waals surface area contributed by atoms with E-state index in [0.717, 1.165) is 37.9 Å². The monoisotopic (exact) mass is 379 g/mol. The van der Waals surface area contributed by atoms with Gasteiger partial charge in [0.15, 0.2) is 0 Å². The highest BCUT2D eigenvalue weighted by Crippen LogP contribution is 2.35. The molecule has 0 bridgehead atoms. The van der Waals surface area contributed by atoms with Crippen LogP contribution in [0, 0.1) is 0 Å². The van der Waals surface area contributed by atoms with Gasteiger partial charge in [0.2, 0.25) is 0 Å². The zero-order chi connectivity index (χ0) is 18.7. The molecule has 0 heterocycles. The summed E-state index contributed by atoms with van der Waals surface area (Å²) in [5, 5.41) is 0. The Morgan fingerprint density at radius 3 is 2.40 bits per heavy atom. The van der Waals surface area contributed by atoms with Gasteiger partial charge in [0, 0.05) is 11.6 Å². The van der Waals surface area contributed by atoms with Crippen molar-refractivity contribution in [1.82, 2.24) is 4.90 Å². The summed E-state index contributed by atoms with van der Waals surface area (Å²) in [5.74, 6) is -0.201. The number of rotatable bonds is 7. The number of hydrogen-bond acceptors (Lipinski definition) is 4. The van der Waals surface area contributed by atoms with Gasteiger partial charge in [-0.1, -0.05) is 26.0 Å². The van der Waals surface area contributed by atoms with Gasteiger partial charge in [0.25, 0.3) is 0 Å². The minimum Gasteiger partial charge on any atom is -0.376 e. The highest BCUT2D eigenvalue weighted by atomic mass is 32.2. The van der Waals surface area contributed by atoms with Crippen LogP contribution in [0.4, 0.5) is 13.2 Å². The predicted molar refractivity (Wildman–Crippen MR) is 90.0 cm³/mol. The normalized spacial score (nSPS) is 18.2. The molecule has 0 fully saturated rings. The van der Waals surface area contributed by atoms with E-state index in [9.17, 15) is 21.6 Å². The average Bonchev–Trinajstić information content (AvgIpc) is 2.53. The molecule has 8 heteroatoms. The molecule has 1 aromatic carbocycles. The first kappa shape index (κ1) is 20.0. The maximum atomic E-state index is 12.6. The molecule has 0 aliphatic heterocycles. The van der Waals surface area contributed by atoms with Gasteiger partial charge in [0.05, 0.1) is 0 Å². The predicted octanol–water partition coefficient (Wildman–Crippen LogP) is 3.89. The summed E-state index contributed by atoms with van der Waals surface area (Å²) in [4.78, 5) is 2.33. The summed E-state index contributed by atoms with van der Waals surface area (Å²) in [6, 6.07) is 4.85. The summed E-state index contributed by atoms with van der Waals surface area (Å²) in [6.07, 6.45) is 4.09. The maximum absolute atomic E-state index is 12.6. The maximum Gasteiger partial charge on any atom is 0.534 e. The van der Waals surface area contributed by atoms with Crippen LogP contribution in [0.5, 0.6) is 5.75 Å². The van der Waals surface area contributed by atoms with Crippen molar-refractivity contribution in [2.45, 2.75) is 57.5 Å². The molecule has 2 rings (SSSR count). The number of halogens is 3. The number of aryl methyl sites for hydroxylation is 1. The van der Waals surface area contributed by atoms with Gasteiger partial charge in [0.1, 0.15) is 5.75 Å². The highest BCUT2D eigenvalue weighted by molar-refractivity contribution is 7.88. The molecule has 0 spiro atoms. The molecule has 0 unspecified atom stereocenters. The summed E-state index contributed by atoms with van der Waals surface area (Å²) >= 11 is 0. The lowest BCUT2D eigenvalue weighted by molar-refractivity contribution is -0.0500. The van der Waals surface area contributed by atoms with E-state index in [0.29, 0.717) is 18.4 Å². The van der Waals surface area contributed by atoms with E-state index in [1.54, 1.807) is 0 Å². The first-order chi connectivity index (χ1) is 11.7. The van der Waals surface area contributed by atoms with Crippen LogP contribution in [-0.2, 0) is 23.0 Å². The second-order valence-electron chi connectivity index (χ2n) is 6.31. The summed E-state index contributed by atoms with van der Waals surface area (Å²) in [5.41, 5.74) is -4.00. The SMILES string of the molecule is CCCN(CCC)[C@H]1CCc2cccc(OS(=O)(=O)C(F)(F)F)c2C1. The number of benzene rings is 1. The van der Waals surface area contributed by atoms with Crippen LogP contribution >= 0.6 is 0 Å². The van der Waals surface area contributed by atoms with Crippen LogP contribution in [0.15, 0.2) is 18.2 Å². The van der Waals surface area contributed by atoms with E-state index in [1.165, 1.54) is 12.1 Å². The van der Waals surface area contributed by atoms with Gasteiger partial charge in [-0.15, -0.1) is 0 Å². The fourth-order valence-corrected chi connectivity index (χ4v) is 3.83. The molecule has 0 saturated heterocycles. The molecule has 0 amide bonds. The molecule has 1 aliphatic rings. The van der Waals surface area contributed by atoms with Gasteiger partial charge in [-0.2, -0.15) is 21.6 Å². The quantitative estimate of drug-likeness (QED) is 0.533. The topological polar surface area (TPSA) is 46.6 Å². The van der Waals surface area contributed by atoms with Crippen molar-refractivity contribution in [3.8, 4) is 5.75 Å². The highest BCUT2D eigenvalue weighted by Gasteiger charge is 2.49. The van der Waals surface area contributed by atoms with E-state index >= 15 is 0 Å². The average molecular weight is 379 g/mol. The van der Waals surface area contributed by atoms with E-state index in [2.05, 4.69) is 22.9 Å². The van der Waals surface area contributed by atoms with Crippen LogP contribution in [0.3, 0.4) is 0 Å². The third-order valence-electron chi connectivity index (χ3n) is 4.44. The van der Waals surface area contributed by atoms with Crippen LogP contribution < -0.4 is 4.18 Å². The van der Waals surface area contributed by atoms with E-state index in [-0.39, 0.29) is 11.8 Å². The summed E-state index contributed by atoms with van der Waals surface area (Å²) in [6.45, 7) is 6.00. The Morgan fingerprint density at radius 2 is 1.84 bits per heavy atom. The van der Waals surface area contributed by atoms with E-state index in [1.807, 2.05) is 6.07 Å². The second-order valence-corrected chi connectivity index (χ2v) is 7.85. The Kier molecular flexibility index (Phi) is 6.37.